The molecular formula is C30H30Cl2FN5O3. The maximum absolute atomic E-state index is 16.8. The summed E-state index contributed by atoms with van der Waals surface area (Å²) in [5, 5.41) is 16.5. The van der Waals surface area contributed by atoms with Gasteiger partial charge in [-0.2, -0.15) is 9.97 Å². The van der Waals surface area contributed by atoms with Crippen LogP contribution < -0.4 is 15.0 Å². The van der Waals surface area contributed by atoms with E-state index in [0.717, 1.165) is 19.4 Å². The number of piperazine rings is 1. The first-order valence-electron chi connectivity index (χ1n) is 13.9. The molecule has 2 unspecified atom stereocenters. The zero-order valence-electron chi connectivity index (χ0n) is 22.5. The topological polar surface area (TPSA) is 83.0 Å². The van der Waals surface area contributed by atoms with Crippen molar-refractivity contribution >= 4 is 50.7 Å². The normalized spacial score (nSPS) is 23.0. The van der Waals surface area contributed by atoms with E-state index in [0.29, 0.717) is 65.5 Å². The zero-order chi connectivity index (χ0) is 28.2. The average Bonchev–Trinajstić information content (AvgIpc) is 3.35. The Bertz CT molecular complexity index is 1640. The van der Waals surface area contributed by atoms with Gasteiger partial charge < -0.3 is 29.7 Å². The number of ether oxygens (including phenoxy) is 2. The first kappa shape index (κ1) is 26.9. The highest BCUT2D eigenvalue weighted by Crippen LogP contribution is 2.44. The number of fused-ring (bicyclic) bond motifs is 4. The molecule has 2 N–H and O–H groups in total. The first-order valence-corrected chi connectivity index (χ1v) is 14.6. The van der Waals surface area contributed by atoms with Crippen molar-refractivity contribution in [1.29, 1.82) is 0 Å². The van der Waals surface area contributed by atoms with Crippen LogP contribution in [0.2, 0.25) is 10.0 Å². The summed E-state index contributed by atoms with van der Waals surface area (Å²) in [5.41, 5.74) is 0.608. The minimum atomic E-state index is -0.621. The van der Waals surface area contributed by atoms with Crippen molar-refractivity contribution in [2.75, 3.05) is 51.4 Å². The average molecular weight is 599 g/mol. The SMILES string of the molecule is CN1CCC[C@H]1COc1nc(N2CC3COCC(C2)N3)c2cc(Cl)c(-c3cc(O)cc4cccc(Cl)c34)c(F)c2n1. The zero-order valence-corrected chi connectivity index (χ0v) is 24.1. The van der Waals surface area contributed by atoms with E-state index in [4.69, 9.17) is 37.7 Å². The van der Waals surface area contributed by atoms with E-state index in [-0.39, 0.29) is 46.0 Å². The number of halogens is 3. The highest BCUT2D eigenvalue weighted by Gasteiger charge is 2.33. The van der Waals surface area contributed by atoms with E-state index >= 15 is 4.39 Å². The van der Waals surface area contributed by atoms with Crippen LogP contribution in [0.15, 0.2) is 36.4 Å². The van der Waals surface area contributed by atoms with Gasteiger partial charge in [0.15, 0.2) is 5.82 Å². The van der Waals surface area contributed by atoms with E-state index in [2.05, 4.69) is 27.1 Å². The maximum Gasteiger partial charge on any atom is 0.319 e. The molecule has 0 aliphatic carbocycles. The molecule has 0 radical (unpaired) electrons. The van der Waals surface area contributed by atoms with Gasteiger partial charge in [0.25, 0.3) is 0 Å². The second-order valence-electron chi connectivity index (χ2n) is 11.2. The van der Waals surface area contributed by atoms with Gasteiger partial charge in [-0.1, -0.05) is 35.3 Å². The van der Waals surface area contributed by atoms with Gasteiger partial charge in [0.05, 0.1) is 18.2 Å². The van der Waals surface area contributed by atoms with E-state index in [1.165, 1.54) is 6.07 Å². The molecule has 0 saturated carbocycles. The van der Waals surface area contributed by atoms with Gasteiger partial charge in [0.1, 0.15) is 23.7 Å². The molecule has 2 bridgehead atoms. The molecule has 3 atom stereocenters. The Labute approximate surface area is 247 Å². The number of nitrogens with zero attached hydrogens (tertiary/aromatic N) is 4. The van der Waals surface area contributed by atoms with Gasteiger partial charge >= 0.3 is 6.01 Å². The molecule has 8 nitrogen and oxygen atoms in total. The summed E-state index contributed by atoms with van der Waals surface area (Å²) < 4.78 is 28.6. The molecule has 214 valence electrons. The van der Waals surface area contributed by atoms with Crippen LogP contribution in [-0.2, 0) is 4.74 Å². The van der Waals surface area contributed by atoms with Crippen LogP contribution in [0, 0.1) is 5.82 Å². The molecule has 41 heavy (non-hydrogen) atoms. The Kier molecular flexibility index (Phi) is 7.03. The van der Waals surface area contributed by atoms with Gasteiger partial charge in [0.2, 0.25) is 0 Å². The van der Waals surface area contributed by atoms with Crippen LogP contribution in [-0.4, -0.2) is 84.6 Å². The molecule has 3 aromatic carbocycles. The number of likely N-dealkylation sites (tertiary alicyclic amines) is 1. The Hall–Kier alpha value is -2.95. The Morgan fingerprint density at radius 3 is 2.68 bits per heavy atom. The Morgan fingerprint density at radius 2 is 1.93 bits per heavy atom. The number of phenols is 1. The van der Waals surface area contributed by atoms with Crippen molar-refractivity contribution in [1.82, 2.24) is 20.2 Å². The third kappa shape index (κ3) is 4.93. The molecule has 0 spiro atoms. The number of morpholine rings is 1. The first-order chi connectivity index (χ1) is 19.9. The van der Waals surface area contributed by atoms with Crippen LogP contribution in [0.4, 0.5) is 10.2 Å². The van der Waals surface area contributed by atoms with E-state index < -0.39 is 5.82 Å². The minimum absolute atomic E-state index is 0.0204. The standard InChI is InChI=1S/C30H30Cl2FN5O3/c1-37-7-3-5-19(37)15-41-30-35-28-22(29(36-30)38-11-17-13-40-14-18(12-38)34-17)10-24(32)26(27(28)33)21-9-20(39)8-16-4-2-6-23(31)25(16)21/h2,4,6,8-10,17-19,34,39H,3,5,7,11-15H2,1H3/t17?,18?,19-/m0/s1. The van der Waals surface area contributed by atoms with Crippen LogP contribution in [0.25, 0.3) is 32.8 Å². The number of aromatic hydroxyl groups is 1. The van der Waals surface area contributed by atoms with Gasteiger partial charge in [-0.05, 0) is 61.6 Å². The highest BCUT2D eigenvalue weighted by atomic mass is 35.5. The largest absolute Gasteiger partial charge is 0.508 e. The summed E-state index contributed by atoms with van der Waals surface area (Å²) in [5.74, 6) is -0.0632. The summed E-state index contributed by atoms with van der Waals surface area (Å²) >= 11 is 13.4. The number of aromatic nitrogens is 2. The van der Waals surface area contributed by atoms with E-state index in [1.54, 1.807) is 24.3 Å². The second-order valence-corrected chi connectivity index (χ2v) is 12.0. The Balaban J connectivity index is 1.40. The number of nitrogens with one attached hydrogen (secondary N) is 1. The van der Waals surface area contributed by atoms with Crippen LogP contribution >= 0.6 is 23.2 Å². The second kappa shape index (κ2) is 10.7. The van der Waals surface area contributed by atoms with E-state index in [1.807, 2.05) is 6.07 Å². The van der Waals surface area contributed by atoms with Crippen molar-refractivity contribution in [3.63, 3.8) is 0 Å². The molecule has 3 saturated heterocycles. The fraction of sp³-hybridized carbons (Fsp3) is 0.400. The molecular weight excluding hydrogens is 568 g/mol. The number of anilines is 1. The summed E-state index contributed by atoms with van der Waals surface area (Å²) in [6, 6.07) is 10.7. The number of benzene rings is 3. The van der Waals surface area contributed by atoms with Gasteiger partial charge in [-0.3, -0.25) is 0 Å². The fourth-order valence-electron chi connectivity index (χ4n) is 6.41. The predicted octanol–water partition coefficient (Wildman–Crippen LogP) is 5.25. The van der Waals surface area contributed by atoms with Crippen LogP contribution in [0.5, 0.6) is 11.8 Å². The predicted molar refractivity (Wildman–Crippen MR) is 159 cm³/mol. The molecule has 3 aliphatic heterocycles. The summed E-state index contributed by atoms with van der Waals surface area (Å²) in [6.45, 7) is 3.90. The van der Waals surface area contributed by atoms with Crippen molar-refractivity contribution in [2.24, 2.45) is 0 Å². The fourth-order valence-corrected chi connectivity index (χ4v) is 6.99. The monoisotopic (exact) mass is 597 g/mol. The summed E-state index contributed by atoms with van der Waals surface area (Å²) in [7, 11) is 2.08. The molecule has 3 aliphatic rings. The van der Waals surface area contributed by atoms with Gasteiger partial charge in [0, 0.05) is 52.6 Å². The number of phenolic OH excluding ortho intramolecular Hbond substituents is 1. The number of hydrogen-bond acceptors (Lipinski definition) is 8. The van der Waals surface area contributed by atoms with Crippen LogP contribution in [0.3, 0.4) is 0 Å². The molecule has 3 fully saturated rings. The van der Waals surface area contributed by atoms with E-state index in [9.17, 15) is 5.11 Å². The van der Waals surface area contributed by atoms with Crippen molar-refractivity contribution in [2.45, 2.75) is 31.0 Å². The van der Waals surface area contributed by atoms with Crippen molar-refractivity contribution in [3.8, 4) is 22.9 Å². The summed E-state index contributed by atoms with van der Waals surface area (Å²) in [6.07, 6.45) is 2.13. The van der Waals surface area contributed by atoms with Crippen LogP contribution in [0.1, 0.15) is 12.8 Å². The van der Waals surface area contributed by atoms with Crippen molar-refractivity contribution < 1.29 is 19.0 Å². The number of hydrogen-bond donors (Lipinski definition) is 2. The quantitative estimate of drug-likeness (QED) is 0.323. The molecule has 1 aromatic heterocycles. The lowest BCUT2D eigenvalue weighted by atomic mass is 9.96. The summed E-state index contributed by atoms with van der Waals surface area (Å²) in [4.78, 5) is 13.8. The Morgan fingerprint density at radius 1 is 1.12 bits per heavy atom. The third-order valence-electron chi connectivity index (χ3n) is 8.39. The lowest BCUT2D eigenvalue weighted by molar-refractivity contribution is 0.0374. The number of likely N-dealkylation sites (N-methyl/N-ethyl adjacent to an activating group) is 1. The van der Waals surface area contributed by atoms with Crippen molar-refractivity contribution in [3.05, 3.63) is 52.3 Å². The molecule has 4 aromatic rings. The number of rotatable bonds is 5. The molecule has 4 heterocycles. The van der Waals surface area contributed by atoms with Gasteiger partial charge in [-0.15, -0.1) is 0 Å². The third-order valence-corrected chi connectivity index (χ3v) is 9.00. The maximum atomic E-state index is 16.8. The smallest absolute Gasteiger partial charge is 0.319 e. The minimum Gasteiger partial charge on any atom is -0.508 e. The molecule has 7 rings (SSSR count). The lowest BCUT2D eigenvalue weighted by Crippen LogP contribution is -2.63. The molecule has 11 heteroatoms. The van der Waals surface area contributed by atoms with Gasteiger partial charge in [-0.25, -0.2) is 4.39 Å². The lowest BCUT2D eigenvalue weighted by Gasteiger charge is -2.43. The highest BCUT2D eigenvalue weighted by molar-refractivity contribution is 6.38. The molecule has 0 amide bonds.